The molecule has 1 amide bonds. The Balaban J connectivity index is 2.16. The lowest BCUT2D eigenvalue weighted by molar-refractivity contribution is -0.132. The molecule has 0 aromatic heterocycles. The molecule has 6 nitrogen and oxygen atoms in total. The molecule has 1 saturated carbocycles. The predicted molar refractivity (Wildman–Crippen MR) is 91.8 cm³/mol. The average Bonchev–Trinajstić information content (AvgIpc) is 2.76. The third-order valence-corrected chi connectivity index (χ3v) is 6.54. The van der Waals surface area contributed by atoms with Crippen LogP contribution in [0.25, 0.3) is 0 Å². The Labute approximate surface area is 140 Å². The van der Waals surface area contributed by atoms with Crippen molar-refractivity contribution in [3.63, 3.8) is 0 Å². The molecular formula is C16H31N3O3S. The molecule has 2 N–H and O–H groups in total. The minimum absolute atomic E-state index is 0.000741. The molecule has 2 fully saturated rings. The van der Waals surface area contributed by atoms with Crippen LogP contribution in [-0.4, -0.2) is 73.9 Å². The third-order valence-electron chi connectivity index (χ3n) is 5.50. The molecule has 0 radical (unpaired) electrons. The molecule has 0 aromatic rings. The Bertz CT molecular complexity index is 535. The van der Waals surface area contributed by atoms with Gasteiger partial charge < -0.3 is 15.5 Å². The highest BCUT2D eigenvalue weighted by Gasteiger charge is 2.42. The number of hydrogen-bond donors (Lipinski definition) is 1. The number of amides is 1. The number of carbonyl (C=O) groups is 1. The van der Waals surface area contributed by atoms with Crippen molar-refractivity contribution in [3.8, 4) is 0 Å². The summed E-state index contributed by atoms with van der Waals surface area (Å²) in [5.74, 6) is 0.141. The Morgan fingerprint density at radius 2 is 1.96 bits per heavy atom. The van der Waals surface area contributed by atoms with Gasteiger partial charge in [-0.25, -0.2) is 8.42 Å². The molecule has 1 saturated heterocycles. The van der Waals surface area contributed by atoms with Crippen LogP contribution < -0.4 is 5.73 Å². The highest BCUT2D eigenvalue weighted by molar-refractivity contribution is 7.90. The third kappa shape index (κ3) is 4.45. The number of hydrogen-bond acceptors (Lipinski definition) is 5. The maximum Gasteiger partial charge on any atom is 0.239 e. The van der Waals surface area contributed by atoms with Crippen molar-refractivity contribution in [1.82, 2.24) is 9.80 Å². The van der Waals surface area contributed by atoms with E-state index in [9.17, 15) is 13.2 Å². The molecule has 4 atom stereocenters. The predicted octanol–water partition coefficient (Wildman–Crippen LogP) is 0.468. The van der Waals surface area contributed by atoms with Gasteiger partial charge in [0.15, 0.2) is 0 Å². The molecule has 0 spiro atoms. The van der Waals surface area contributed by atoms with Gasteiger partial charge in [0.2, 0.25) is 5.91 Å². The zero-order valence-electron chi connectivity index (χ0n) is 14.7. The number of carbonyl (C=O) groups excluding carboxylic acids is 1. The summed E-state index contributed by atoms with van der Waals surface area (Å²) in [6, 6.07) is 0.411. The van der Waals surface area contributed by atoms with Crippen LogP contribution in [0.1, 0.15) is 39.5 Å². The minimum Gasteiger partial charge on any atom is -0.338 e. The fourth-order valence-electron chi connectivity index (χ4n) is 4.05. The second kappa shape index (κ2) is 7.07. The Hall–Kier alpha value is -0.660. The van der Waals surface area contributed by atoms with Crippen molar-refractivity contribution in [2.24, 2.45) is 11.7 Å². The molecule has 0 aromatic carbocycles. The van der Waals surface area contributed by atoms with Gasteiger partial charge in [0, 0.05) is 30.9 Å². The zero-order chi connectivity index (χ0) is 17.4. The molecular weight excluding hydrogens is 314 g/mol. The smallest absolute Gasteiger partial charge is 0.239 e. The summed E-state index contributed by atoms with van der Waals surface area (Å²) in [5.41, 5.74) is 5.85. The van der Waals surface area contributed by atoms with Crippen molar-refractivity contribution >= 4 is 15.7 Å². The van der Waals surface area contributed by atoms with Crippen molar-refractivity contribution in [3.05, 3.63) is 0 Å². The van der Waals surface area contributed by atoms with Gasteiger partial charge in [-0.2, -0.15) is 0 Å². The second-order valence-electron chi connectivity index (χ2n) is 7.57. The fourth-order valence-corrected chi connectivity index (χ4v) is 5.18. The molecule has 2 rings (SSSR count). The molecule has 2 aliphatic rings. The number of sulfone groups is 1. The van der Waals surface area contributed by atoms with Crippen LogP contribution in [0.4, 0.5) is 0 Å². The summed E-state index contributed by atoms with van der Waals surface area (Å²) < 4.78 is 23.7. The van der Waals surface area contributed by atoms with E-state index in [0.717, 1.165) is 19.3 Å². The maximum atomic E-state index is 12.3. The molecule has 7 heteroatoms. The van der Waals surface area contributed by atoms with E-state index < -0.39 is 15.9 Å². The summed E-state index contributed by atoms with van der Waals surface area (Å²) in [4.78, 5) is 16.5. The summed E-state index contributed by atoms with van der Waals surface area (Å²) >= 11 is 0. The van der Waals surface area contributed by atoms with E-state index in [0.29, 0.717) is 25.0 Å². The number of likely N-dealkylation sites (tertiary alicyclic amines) is 1. The van der Waals surface area contributed by atoms with Crippen LogP contribution in [0.5, 0.6) is 0 Å². The van der Waals surface area contributed by atoms with E-state index in [1.54, 1.807) is 0 Å². The lowest BCUT2D eigenvalue weighted by Crippen LogP contribution is -2.52. The van der Waals surface area contributed by atoms with E-state index in [1.165, 1.54) is 6.26 Å². The zero-order valence-corrected chi connectivity index (χ0v) is 15.6. The van der Waals surface area contributed by atoms with Crippen LogP contribution in [0.15, 0.2) is 0 Å². The van der Waals surface area contributed by atoms with Gasteiger partial charge in [-0.1, -0.05) is 0 Å². The van der Waals surface area contributed by atoms with E-state index in [2.05, 4.69) is 25.8 Å². The van der Waals surface area contributed by atoms with Gasteiger partial charge in [-0.05, 0) is 52.5 Å². The fraction of sp³-hybridized carbons (Fsp3) is 0.938. The van der Waals surface area contributed by atoms with Crippen molar-refractivity contribution in [2.75, 3.05) is 25.6 Å². The van der Waals surface area contributed by atoms with Crippen molar-refractivity contribution in [2.45, 2.75) is 63.7 Å². The van der Waals surface area contributed by atoms with Gasteiger partial charge >= 0.3 is 0 Å². The number of nitrogens with two attached hydrogens (primary N) is 1. The maximum absolute atomic E-state index is 12.3. The van der Waals surface area contributed by atoms with Crippen LogP contribution in [0.3, 0.4) is 0 Å². The lowest BCUT2D eigenvalue weighted by atomic mass is 9.81. The topological polar surface area (TPSA) is 83.7 Å². The van der Waals surface area contributed by atoms with E-state index in [-0.39, 0.29) is 23.6 Å². The highest BCUT2D eigenvalue weighted by Crippen LogP contribution is 2.34. The minimum atomic E-state index is -3.07. The van der Waals surface area contributed by atoms with Gasteiger partial charge in [0.1, 0.15) is 9.84 Å². The first kappa shape index (κ1) is 18.7. The lowest BCUT2D eigenvalue weighted by Gasteiger charge is -2.44. The molecule has 23 heavy (non-hydrogen) atoms. The summed E-state index contributed by atoms with van der Waals surface area (Å²) in [6.45, 7) is 4.97. The van der Waals surface area contributed by atoms with Crippen molar-refractivity contribution in [1.29, 1.82) is 0 Å². The first-order valence-corrected chi connectivity index (χ1v) is 10.6. The van der Waals surface area contributed by atoms with Crippen LogP contribution in [-0.2, 0) is 14.6 Å². The monoisotopic (exact) mass is 345 g/mol. The average molecular weight is 346 g/mol. The number of rotatable bonds is 5. The van der Waals surface area contributed by atoms with Crippen LogP contribution in [0.2, 0.25) is 0 Å². The quantitative estimate of drug-likeness (QED) is 0.783. The summed E-state index contributed by atoms with van der Waals surface area (Å²) in [6.07, 6.45) is 4.65. The van der Waals surface area contributed by atoms with Gasteiger partial charge in [-0.3, -0.25) is 4.79 Å². The van der Waals surface area contributed by atoms with Gasteiger partial charge in [0.25, 0.3) is 0 Å². The van der Waals surface area contributed by atoms with Gasteiger partial charge in [-0.15, -0.1) is 0 Å². The SMILES string of the molecule is CC(C)N(C)[C@@H]1CC[C@H](N2CC[C@H](N)C2=O)[C@@H](CS(C)(=O)=O)C1. The first-order chi connectivity index (χ1) is 10.6. The molecule has 134 valence electrons. The van der Waals surface area contributed by atoms with E-state index >= 15 is 0 Å². The first-order valence-electron chi connectivity index (χ1n) is 8.56. The molecule has 1 aliphatic heterocycles. The summed E-state index contributed by atoms with van der Waals surface area (Å²) in [7, 11) is -0.973. The van der Waals surface area contributed by atoms with Crippen molar-refractivity contribution < 1.29 is 13.2 Å². The number of nitrogens with zero attached hydrogens (tertiary/aromatic N) is 2. The largest absolute Gasteiger partial charge is 0.338 e. The highest BCUT2D eigenvalue weighted by atomic mass is 32.2. The van der Waals surface area contributed by atoms with E-state index in [1.807, 2.05) is 4.90 Å². The second-order valence-corrected chi connectivity index (χ2v) is 9.76. The molecule has 0 bridgehead atoms. The van der Waals surface area contributed by atoms with Crippen LogP contribution in [0, 0.1) is 5.92 Å². The molecule has 0 unspecified atom stereocenters. The van der Waals surface area contributed by atoms with E-state index in [4.69, 9.17) is 5.73 Å². The molecule has 1 aliphatic carbocycles. The summed E-state index contributed by atoms with van der Waals surface area (Å²) in [5, 5.41) is 0. The Morgan fingerprint density at radius 1 is 1.30 bits per heavy atom. The Morgan fingerprint density at radius 3 is 2.43 bits per heavy atom. The van der Waals surface area contributed by atoms with Gasteiger partial charge in [0.05, 0.1) is 11.8 Å². The Kier molecular flexibility index (Phi) is 5.74. The van der Waals surface area contributed by atoms with Crippen LogP contribution >= 0.6 is 0 Å². The molecule has 1 heterocycles. The normalized spacial score (nSPS) is 33.0. The standard InChI is InChI=1S/C16H31N3O3S/c1-11(2)18(3)13-5-6-15(12(9-13)10-23(4,21)22)19-8-7-14(17)16(19)20/h11-15H,5-10,17H2,1-4H3/t12-,13-,14+,15+/m1/s1.